The second kappa shape index (κ2) is 7.52. The van der Waals surface area contributed by atoms with Crippen molar-refractivity contribution in [2.75, 3.05) is 25.1 Å². The molecule has 0 bridgehead atoms. The summed E-state index contributed by atoms with van der Waals surface area (Å²) in [6.07, 6.45) is 4.06. The van der Waals surface area contributed by atoms with Crippen LogP contribution in [0.15, 0.2) is 0 Å². The van der Waals surface area contributed by atoms with Gasteiger partial charge in [-0.1, -0.05) is 12.8 Å². The number of carboxylic acid groups (broad SMARTS) is 1. The molecule has 0 aromatic carbocycles. The monoisotopic (exact) mass is 342 g/mol. The Morgan fingerprint density at radius 2 is 1.67 bits per heavy atom. The fourth-order valence-electron chi connectivity index (χ4n) is 2.10. The summed E-state index contributed by atoms with van der Waals surface area (Å²) in [5.41, 5.74) is 0. The first-order valence-corrected chi connectivity index (χ1v) is 10.3. The van der Waals surface area contributed by atoms with Crippen LogP contribution in [-0.2, 0) is 24.8 Å². The van der Waals surface area contributed by atoms with E-state index in [4.69, 9.17) is 5.11 Å². The van der Waals surface area contributed by atoms with Crippen LogP contribution in [0.2, 0.25) is 0 Å². The summed E-state index contributed by atoms with van der Waals surface area (Å²) in [7, 11) is -7.26. The third-order valence-corrected chi connectivity index (χ3v) is 5.88. The second-order valence-corrected chi connectivity index (χ2v) is 9.21. The lowest BCUT2D eigenvalue weighted by Crippen LogP contribution is -2.49. The van der Waals surface area contributed by atoms with Crippen molar-refractivity contribution in [1.29, 1.82) is 0 Å². The van der Waals surface area contributed by atoms with Gasteiger partial charge in [0.1, 0.15) is 15.9 Å². The van der Waals surface area contributed by atoms with Crippen LogP contribution in [0.25, 0.3) is 0 Å². The zero-order valence-electron chi connectivity index (χ0n) is 12.0. The first kappa shape index (κ1) is 18.3. The molecule has 0 saturated carbocycles. The minimum Gasteiger partial charge on any atom is -0.480 e. The number of nitrogens with one attached hydrogen (secondary N) is 1. The lowest BCUT2D eigenvalue weighted by atomic mass is 10.2. The van der Waals surface area contributed by atoms with Crippen molar-refractivity contribution in [3.8, 4) is 0 Å². The molecule has 21 heavy (non-hydrogen) atoms. The largest absolute Gasteiger partial charge is 0.480 e. The molecular weight excluding hydrogens is 320 g/mol. The second-order valence-electron chi connectivity index (χ2n) is 5.25. The van der Waals surface area contributed by atoms with E-state index in [1.165, 1.54) is 4.31 Å². The van der Waals surface area contributed by atoms with Gasteiger partial charge in [-0.2, -0.15) is 17.4 Å². The van der Waals surface area contributed by atoms with Crippen LogP contribution in [0.5, 0.6) is 0 Å². The zero-order valence-corrected chi connectivity index (χ0v) is 13.6. The highest BCUT2D eigenvalue weighted by Gasteiger charge is 2.29. The van der Waals surface area contributed by atoms with Crippen LogP contribution in [0.4, 0.5) is 0 Å². The average molecular weight is 342 g/mol. The van der Waals surface area contributed by atoms with Gasteiger partial charge in [-0.05, 0) is 19.3 Å². The number of rotatable bonds is 7. The number of sulfone groups is 1. The minimum atomic E-state index is -3.91. The van der Waals surface area contributed by atoms with Gasteiger partial charge < -0.3 is 5.11 Å². The molecule has 0 aliphatic carbocycles. The summed E-state index contributed by atoms with van der Waals surface area (Å²) >= 11 is 0. The van der Waals surface area contributed by atoms with E-state index in [2.05, 4.69) is 4.72 Å². The van der Waals surface area contributed by atoms with Crippen molar-refractivity contribution in [3.05, 3.63) is 0 Å². The predicted molar refractivity (Wildman–Crippen MR) is 77.8 cm³/mol. The standard InChI is InChI=1S/C11H22N2O6S2/c1-20(16,17)9-6-10(11(14)15)12-21(18,19)13-7-4-2-3-5-8-13/h10,12H,2-9H2,1H3,(H,14,15). The van der Waals surface area contributed by atoms with E-state index in [1.54, 1.807) is 0 Å². The molecule has 0 radical (unpaired) electrons. The Kier molecular flexibility index (Phi) is 6.57. The molecule has 1 atom stereocenters. The van der Waals surface area contributed by atoms with Gasteiger partial charge in [-0.25, -0.2) is 8.42 Å². The van der Waals surface area contributed by atoms with Crippen LogP contribution in [0.1, 0.15) is 32.1 Å². The average Bonchev–Trinajstić information content (AvgIpc) is 2.62. The Bertz CT molecular complexity index is 549. The molecule has 1 unspecified atom stereocenters. The lowest BCUT2D eigenvalue weighted by Gasteiger charge is -2.23. The van der Waals surface area contributed by atoms with Crippen molar-refractivity contribution in [1.82, 2.24) is 9.03 Å². The van der Waals surface area contributed by atoms with Gasteiger partial charge in [0.15, 0.2) is 0 Å². The molecule has 0 amide bonds. The summed E-state index contributed by atoms with van der Waals surface area (Å²) < 4.78 is 49.9. The van der Waals surface area contributed by atoms with Crippen LogP contribution < -0.4 is 4.72 Å². The number of carboxylic acids is 1. The molecule has 0 spiro atoms. The highest BCUT2D eigenvalue weighted by atomic mass is 32.2. The predicted octanol–water partition coefficient (Wildman–Crippen LogP) is -0.415. The third kappa shape index (κ3) is 6.72. The Balaban J connectivity index is 2.74. The SMILES string of the molecule is CS(=O)(=O)CCC(NS(=O)(=O)N1CCCCCC1)C(=O)O. The van der Waals surface area contributed by atoms with Crippen LogP contribution in [0.3, 0.4) is 0 Å². The highest BCUT2D eigenvalue weighted by molar-refractivity contribution is 7.90. The van der Waals surface area contributed by atoms with E-state index >= 15 is 0 Å². The third-order valence-electron chi connectivity index (χ3n) is 3.27. The number of aliphatic carboxylic acids is 1. The van der Waals surface area contributed by atoms with Crippen LogP contribution in [0, 0.1) is 0 Å². The maximum absolute atomic E-state index is 12.2. The van der Waals surface area contributed by atoms with Crippen molar-refractivity contribution in [2.24, 2.45) is 0 Å². The van der Waals surface area contributed by atoms with Gasteiger partial charge in [0, 0.05) is 19.3 Å². The Labute approximate surface area is 125 Å². The molecule has 0 aromatic heterocycles. The van der Waals surface area contributed by atoms with Gasteiger partial charge >= 0.3 is 5.97 Å². The maximum atomic E-state index is 12.2. The number of hydrogen-bond donors (Lipinski definition) is 2. The molecule has 1 heterocycles. The van der Waals surface area contributed by atoms with Gasteiger partial charge in [0.05, 0.1) is 5.75 Å². The minimum absolute atomic E-state index is 0.290. The van der Waals surface area contributed by atoms with Crippen molar-refractivity contribution in [2.45, 2.75) is 38.1 Å². The Hall–Kier alpha value is -0.710. The normalized spacial score (nSPS) is 19.9. The van der Waals surface area contributed by atoms with Gasteiger partial charge in [-0.3, -0.25) is 4.79 Å². The number of hydrogen-bond acceptors (Lipinski definition) is 5. The summed E-state index contributed by atoms with van der Waals surface area (Å²) in [5.74, 6) is -1.76. The lowest BCUT2D eigenvalue weighted by molar-refractivity contribution is -0.139. The Morgan fingerprint density at radius 3 is 2.10 bits per heavy atom. The van der Waals surface area contributed by atoms with E-state index in [9.17, 15) is 21.6 Å². The highest BCUT2D eigenvalue weighted by Crippen LogP contribution is 2.13. The van der Waals surface area contributed by atoms with Crippen LogP contribution in [-0.4, -0.2) is 63.4 Å². The molecule has 0 aromatic rings. The molecule has 8 nitrogen and oxygen atoms in total. The van der Waals surface area contributed by atoms with Crippen LogP contribution >= 0.6 is 0 Å². The summed E-state index contributed by atoms with van der Waals surface area (Å²) in [6, 6.07) is -1.44. The summed E-state index contributed by atoms with van der Waals surface area (Å²) in [5, 5.41) is 9.05. The van der Waals surface area contributed by atoms with E-state index < -0.39 is 32.1 Å². The zero-order chi connectivity index (χ0) is 16.1. The molecular formula is C11H22N2O6S2. The molecule has 2 N–H and O–H groups in total. The summed E-state index contributed by atoms with van der Waals surface area (Å²) in [4.78, 5) is 11.1. The van der Waals surface area contributed by atoms with E-state index in [1.807, 2.05) is 0 Å². The van der Waals surface area contributed by atoms with Gasteiger partial charge in [0.2, 0.25) is 0 Å². The van der Waals surface area contributed by atoms with Crippen molar-refractivity contribution < 1.29 is 26.7 Å². The number of carbonyl (C=O) groups is 1. The van der Waals surface area contributed by atoms with Crippen molar-refractivity contribution >= 4 is 26.0 Å². The topological polar surface area (TPSA) is 121 Å². The summed E-state index contributed by atoms with van der Waals surface area (Å²) in [6.45, 7) is 0.710. The fourth-order valence-corrected chi connectivity index (χ4v) is 4.23. The Morgan fingerprint density at radius 1 is 1.14 bits per heavy atom. The molecule has 10 heteroatoms. The molecule has 1 rings (SSSR count). The van der Waals surface area contributed by atoms with E-state index in [0.717, 1.165) is 31.9 Å². The van der Waals surface area contributed by atoms with E-state index in [-0.39, 0.29) is 12.2 Å². The van der Waals surface area contributed by atoms with Crippen molar-refractivity contribution in [3.63, 3.8) is 0 Å². The quantitative estimate of drug-likeness (QED) is 0.648. The first-order chi connectivity index (χ1) is 9.62. The smallest absolute Gasteiger partial charge is 0.321 e. The van der Waals surface area contributed by atoms with E-state index in [0.29, 0.717) is 13.1 Å². The number of nitrogens with zero attached hydrogens (tertiary/aromatic N) is 1. The molecule has 1 aliphatic heterocycles. The maximum Gasteiger partial charge on any atom is 0.321 e. The van der Waals surface area contributed by atoms with Gasteiger partial charge in [0.25, 0.3) is 10.2 Å². The molecule has 124 valence electrons. The molecule has 1 saturated heterocycles. The first-order valence-electron chi connectivity index (χ1n) is 6.80. The van der Waals surface area contributed by atoms with Gasteiger partial charge in [-0.15, -0.1) is 0 Å². The molecule has 1 fully saturated rings. The molecule has 1 aliphatic rings. The fraction of sp³-hybridized carbons (Fsp3) is 0.909.